The van der Waals surface area contributed by atoms with Crippen molar-refractivity contribution < 1.29 is 4.79 Å². The van der Waals surface area contributed by atoms with E-state index in [-0.39, 0.29) is 11.3 Å². The molecule has 1 fully saturated rings. The van der Waals surface area contributed by atoms with E-state index in [4.69, 9.17) is 0 Å². The van der Waals surface area contributed by atoms with Gasteiger partial charge in [0.05, 0.1) is 0 Å². The van der Waals surface area contributed by atoms with Crippen molar-refractivity contribution >= 4 is 11.7 Å². The number of carbonyl (C=O) groups is 1. The van der Waals surface area contributed by atoms with Crippen LogP contribution < -0.4 is 10.6 Å². The molecule has 2 aromatic rings. The van der Waals surface area contributed by atoms with Crippen molar-refractivity contribution in [1.82, 2.24) is 15.5 Å². The van der Waals surface area contributed by atoms with Gasteiger partial charge in [0.25, 0.3) is 5.91 Å². The van der Waals surface area contributed by atoms with Gasteiger partial charge in [0.2, 0.25) is 0 Å². The van der Waals surface area contributed by atoms with Crippen LogP contribution in [0.15, 0.2) is 42.5 Å². The van der Waals surface area contributed by atoms with E-state index in [1.807, 2.05) is 6.07 Å². The number of carbonyl (C=O) groups excluding carboxylic acids is 1. The fraction of sp³-hybridized carbons (Fsp3) is 0.353. The zero-order valence-corrected chi connectivity index (χ0v) is 12.7. The lowest BCUT2D eigenvalue weighted by molar-refractivity contribution is 0.0957. The first kappa shape index (κ1) is 14.5. The van der Waals surface area contributed by atoms with Gasteiger partial charge in [-0.1, -0.05) is 36.8 Å². The molecular formula is C17H20N4O. The Bertz CT molecular complexity index is 635. The Morgan fingerprint density at radius 1 is 1.14 bits per heavy atom. The van der Waals surface area contributed by atoms with E-state index in [0.29, 0.717) is 11.5 Å². The molecule has 1 aromatic heterocycles. The molecule has 1 aliphatic rings. The Morgan fingerprint density at radius 3 is 2.45 bits per heavy atom. The molecule has 0 bridgehead atoms. The van der Waals surface area contributed by atoms with Crippen molar-refractivity contribution in [2.75, 3.05) is 18.9 Å². The third kappa shape index (κ3) is 2.79. The van der Waals surface area contributed by atoms with E-state index in [9.17, 15) is 4.79 Å². The zero-order chi connectivity index (χ0) is 15.4. The van der Waals surface area contributed by atoms with Crippen molar-refractivity contribution in [2.45, 2.75) is 24.7 Å². The maximum atomic E-state index is 11.4. The summed E-state index contributed by atoms with van der Waals surface area (Å²) in [4.78, 5) is 11.4. The van der Waals surface area contributed by atoms with Gasteiger partial charge in [-0.25, -0.2) is 0 Å². The second-order valence-corrected chi connectivity index (χ2v) is 5.74. The number of nitrogens with one attached hydrogen (secondary N) is 2. The van der Waals surface area contributed by atoms with Gasteiger partial charge in [-0.15, -0.1) is 10.2 Å². The number of benzene rings is 1. The number of aromatic nitrogens is 2. The Morgan fingerprint density at radius 2 is 1.91 bits per heavy atom. The minimum atomic E-state index is -0.223. The molecule has 1 aromatic carbocycles. The fourth-order valence-electron chi connectivity index (χ4n) is 2.90. The van der Waals surface area contributed by atoms with Crippen LogP contribution in [0.2, 0.25) is 0 Å². The highest BCUT2D eigenvalue weighted by atomic mass is 16.1. The molecule has 0 spiro atoms. The van der Waals surface area contributed by atoms with E-state index >= 15 is 0 Å². The molecule has 0 saturated heterocycles. The van der Waals surface area contributed by atoms with Gasteiger partial charge in [-0.3, -0.25) is 4.79 Å². The lowest BCUT2D eigenvalue weighted by atomic mass is 9.64. The molecule has 0 radical (unpaired) electrons. The van der Waals surface area contributed by atoms with Gasteiger partial charge in [0.15, 0.2) is 5.69 Å². The maximum Gasteiger partial charge on any atom is 0.271 e. The molecule has 1 amide bonds. The smallest absolute Gasteiger partial charge is 0.271 e. The number of rotatable bonds is 5. The molecule has 1 saturated carbocycles. The lowest BCUT2D eigenvalue weighted by Crippen LogP contribution is -2.41. The second-order valence-electron chi connectivity index (χ2n) is 5.74. The first-order chi connectivity index (χ1) is 10.7. The normalized spacial score (nSPS) is 15.7. The minimum absolute atomic E-state index is 0.197. The summed E-state index contributed by atoms with van der Waals surface area (Å²) < 4.78 is 0. The molecule has 5 heteroatoms. The summed E-state index contributed by atoms with van der Waals surface area (Å²) >= 11 is 0. The number of amides is 1. The van der Waals surface area contributed by atoms with Crippen LogP contribution in [-0.4, -0.2) is 29.7 Å². The van der Waals surface area contributed by atoms with Gasteiger partial charge in [0, 0.05) is 19.0 Å². The van der Waals surface area contributed by atoms with Crippen molar-refractivity contribution in [3.05, 3.63) is 53.7 Å². The summed E-state index contributed by atoms with van der Waals surface area (Å²) in [5.74, 6) is 0.480. The Balaban J connectivity index is 1.68. The third-order valence-corrected chi connectivity index (χ3v) is 4.43. The molecular weight excluding hydrogens is 276 g/mol. The summed E-state index contributed by atoms with van der Waals surface area (Å²) in [6.07, 6.45) is 3.64. The largest absolute Gasteiger partial charge is 0.368 e. The molecule has 22 heavy (non-hydrogen) atoms. The van der Waals surface area contributed by atoms with Crippen molar-refractivity contribution in [2.24, 2.45) is 0 Å². The second kappa shape index (κ2) is 6.13. The summed E-state index contributed by atoms with van der Waals surface area (Å²) in [6, 6.07) is 14.1. The highest BCUT2D eigenvalue weighted by Gasteiger charge is 2.38. The van der Waals surface area contributed by atoms with Crippen LogP contribution in [0, 0.1) is 0 Å². The lowest BCUT2D eigenvalue weighted by Gasteiger charge is -2.42. The molecule has 1 heterocycles. The molecule has 3 rings (SSSR count). The number of anilines is 1. The molecule has 1 aliphatic carbocycles. The van der Waals surface area contributed by atoms with Crippen molar-refractivity contribution in [3.8, 4) is 0 Å². The number of hydrogen-bond acceptors (Lipinski definition) is 4. The maximum absolute atomic E-state index is 11.4. The number of nitrogens with zero attached hydrogens (tertiary/aromatic N) is 2. The summed E-state index contributed by atoms with van der Waals surface area (Å²) in [5, 5.41) is 13.9. The van der Waals surface area contributed by atoms with E-state index in [1.54, 1.807) is 19.2 Å². The van der Waals surface area contributed by atoms with Gasteiger partial charge < -0.3 is 10.6 Å². The third-order valence-electron chi connectivity index (χ3n) is 4.43. The minimum Gasteiger partial charge on any atom is -0.368 e. The molecule has 2 N–H and O–H groups in total. The van der Waals surface area contributed by atoms with Crippen LogP contribution in [-0.2, 0) is 5.41 Å². The van der Waals surface area contributed by atoms with Crippen LogP contribution in [0.1, 0.15) is 35.3 Å². The van der Waals surface area contributed by atoms with Crippen LogP contribution >= 0.6 is 0 Å². The topological polar surface area (TPSA) is 66.9 Å². The van der Waals surface area contributed by atoms with E-state index in [2.05, 4.69) is 45.1 Å². The SMILES string of the molecule is CNC(=O)c1ccc(NCC2(c3ccccc3)CCC2)nn1. The van der Waals surface area contributed by atoms with Gasteiger partial charge in [-0.2, -0.15) is 0 Å². The van der Waals surface area contributed by atoms with E-state index < -0.39 is 0 Å². The zero-order valence-electron chi connectivity index (χ0n) is 12.7. The average molecular weight is 296 g/mol. The monoisotopic (exact) mass is 296 g/mol. The van der Waals surface area contributed by atoms with E-state index in [0.717, 1.165) is 6.54 Å². The van der Waals surface area contributed by atoms with Crippen molar-refractivity contribution in [3.63, 3.8) is 0 Å². The standard InChI is InChI=1S/C17H20N4O/c1-18-16(22)14-8-9-15(21-20-14)19-12-17(10-5-11-17)13-6-3-2-4-7-13/h2-4,6-9H,5,10-12H2,1H3,(H,18,22)(H,19,21). The van der Waals surface area contributed by atoms with Crippen LogP contribution in [0.5, 0.6) is 0 Å². The van der Waals surface area contributed by atoms with E-state index in [1.165, 1.54) is 24.8 Å². The summed E-state index contributed by atoms with van der Waals surface area (Å²) in [7, 11) is 1.58. The van der Waals surface area contributed by atoms with Gasteiger partial charge in [0.1, 0.15) is 5.82 Å². The summed E-state index contributed by atoms with van der Waals surface area (Å²) in [5.41, 5.74) is 1.90. The van der Waals surface area contributed by atoms with Gasteiger partial charge in [-0.05, 0) is 30.5 Å². The Kier molecular flexibility index (Phi) is 4.04. The number of hydrogen-bond donors (Lipinski definition) is 2. The molecule has 5 nitrogen and oxygen atoms in total. The molecule has 0 aliphatic heterocycles. The highest BCUT2D eigenvalue weighted by Crippen LogP contribution is 2.43. The predicted molar refractivity (Wildman–Crippen MR) is 85.9 cm³/mol. The fourth-order valence-corrected chi connectivity index (χ4v) is 2.90. The average Bonchev–Trinajstić information content (AvgIpc) is 2.55. The quantitative estimate of drug-likeness (QED) is 0.889. The highest BCUT2D eigenvalue weighted by molar-refractivity contribution is 5.91. The van der Waals surface area contributed by atoms with Crippen LogP contribution in [0.25, 0.3) is 0 Å². The Labute approximate surface area is 130 Å². The summed E-state index contributed by atoms with van der Waals surface area (Å²) in [6.45, 7) is 0.838. The molecule has 0 atom stereocenters. The molecule has 114 valence electrons. The van der Waals surface area contributed by atoms with Crippen molar-refractivity contribution in [1.29, 1.82) is 0 Å². The molecule has 0 unspecified atom stereocenters. The Hall–Kier alpha value is -2.43. The first-order valence-corrected chi connectivity index (χ1v) is 7.59. The predicted octanol–water partition coefficient (Wildman–Crippen LogP) is 2.37. The first-order valence-electron chi connectivity index (χ1n) is 7.59. The van der Waals surface area contributed by atoms with Gasteiger partial charge >= 0.3 is 0 Å². The van der Waals surface area contributed by atoms with Crippen LogP contribution in [0.3, 0.4) is 0 Å². The van der Waals surface area contributed by atoms with Crippen LogP contribution in [0.4, 0.5) is 5.82 Å².